The van der Waals surface area contributed by atoms with Crippen molar-refractivity contribution in [3.63, 3.8) is 0 Å². The Morgan fingerprint density at radius 3 is 2.40 bits per heavy atom. The summed E-state index contributed by atoms with van der Waals surface area (Å²) in [5, 5.41) is 1.02. The first-order valence-corrected chi connectivity index (χ1v) is 11.5. The molecule has 3 aromatic carbocycles. The van der Waals surface area contributed by atoms with Gasteiger partial charge < -0.3 is 4.74 Å². The Labute approximate surface area is 182 Å². The van der Waals surface area contributed by atoms with E-state index >= 15 is 0 Å². The van der Waals surface area contributed by atoms with Crippen LogP contribution in [0.1, 0.15) is 29.5 Å². The van der Waals surface area contributed by atoms with Gasteiger partial charge in [-0.2, -0.15) is 0 Å². The van der Waals surface area contributed by atoms with Crippen molar-refractivity contribution >= 4 is 22.8 Å². The van der Waals surface area contributed by atoms with Crippen molar-refractivity contribution in [3.8, 4) is 11.4 Å². The lowest BCUT2D eigenvalue weighted by Gasteiger charge is -2.11. The minimum Gasteiger partial charge on any atom is -0.493 e. The first kappa shape index (κ1) is 19.3. The number of nitrogens with zero attached hydrogens (tertiary/aromatic N) is 2. The van der Waals surface area contributed by atoms with Crippen LogP contribution >= 0.6 is 11.8 Å². The Morgan fingerprint density at radius 2 is 1.67 bits per heavy atom. The summed E-state index contributed by atoms with van der Waals surface area (Å²) < 4.78 is 8.18. The molecule has 1 aromatic heterocycles. The predicted octanol–water partition coefficient (Wildman–Crippen LogP) is 6.72. The molecule has 4 aromatic rings. The average molecular weight is 415 g/mol. The van der Waals surface area contributed by atoms with Gasteiger partial charge in [0, 0.05) is 11.4 Å². The lowest BCUT2D eigenvalue weighted by atomic mass is 10.2. The fourth-order valence-electron chi connectivity index (χ4n) is 3.54. The maximum atomic E-state index is 5.92. The molecule has 0 aliphatic heterocycles. The van der Waals surface area contributed by atoms with Gasteiger partial charge in [0.05, 0.1) is 17.6 Å². The summed E-state index contributed by atoms with van der Waals surface area (Å²) in [6, 6.07) is 23.7. The molecule has 0 amide bonds. The van der Waals surface area contributed by atoms with Crippen LogP contribution in [0.15, 0.2) is 71.9 Å². The van der Waals surface area contributed by atoms with Gasteiger partial charge in [-0.3, -0.25) is 4.57 Å². The summed E-state index contributed by atoms with van der Waals surface area (Å²) in [6.45, 7) is 5.07. The molecule has 0 N–H and O–H groups in total. The number of aryl methyl sites for hydroxylation is 2. The first-order valence-electron chi connectivity index (χ1n) is 10.6. The van der Waals surface area contributed by atoms with Gasteiger partial charge >= 0.3 is 0 Å². The zero-order valence-corrected chi connectivity index (χ0v) is 18.3. The number of benzene rings is 3. The summed E-state index contributed by atoms with van der Waals surface area (Å²) in [6.07, 6.45) is 2.61. The molecule has 0 bridgehead atoms. The molecule has 152 valence electrons. The van der Waals surface area contributed by atoms with Crippen LogP contribution in [-0.2, 0) is 5.75 Å². The highest BCUT2D eigenvalue weighted by Gasteiger charge is 2.22. The predicted molar refractivity (Wildman–Crippen MR) is 125 cm³/mol. The number of hydrogen-bond acceptors (Lipinski definition) is 3. The van der Waals surface area contributed by atoms with E-state index in [4.69, 9.17) is 9.72 Å². The number of thioether (sulfide) groups is 1. The lowest BCUT2D eigenvalue weighted by Crippen LogP contribution is -2.00. The Morgan fingerprint density at radius 1 is 0.933 bits per heavy atom. The van der Waals surface area contributed by atoms with Crippen molar-refractivity contribution in [3.05, 3.63) is 83.4 Å². The third kappa shape index (κ3) is 4.24. The molecule has 0 unspecified atom stereocenters. The highest BCUT2D eigenvalue weighted by molar-refractivity contribution is 7.98. The molecule has 30 heavy (non-hydrogen) atoms. The molecule has 0 radical (unpaired) electrons. The summed E-state index contributed by atoms with van der Waals surface area (Å²) in [7, 11) is 0. The third-order valence-corrected chi connectivity index (χ3v) is 6.56. The van der Waals surface area contributed by atoms with Gasteiger partial charge in [-0.25, -0.2) is 4.98 Å². The van der Waals surface area contributed by atoms with Gasteiger partial charge in [0.15, 0.2) is 5.16 Å². The molecule has 1 aliphatic carbocycles. The minimum absolute atomic E-state index is 0.760. The first-order chi connectivity index (χ1) is 14.7. The van der Waals surface area contributed by atoms with Crippen LogP contribution in [0.4, 0.5) is 0 Å². The van der Waals surface area contributed by atoms with Crippen molar-refractivity contribution in [2.75, 3.05) is 6.61 Å². The normalized spacial score (nSPS) is 13.7. The van der Waals surface area contributed by atoms with Crippen molar-refractivity contribution < 1.29 is 4.74 Å². The van der Waals surface area contributed by atoms with Crippen LogP contribution in [0.25, 0.3) is 16.7 Å². The van der Waals surface area contributed by atoms with E-state index in [1.54, 1.807) is 11.8 Å². The lowest BCUT2D eigenvalue weighted by molar-refractivity contribution is 0.300. The third-order valence-electron chi connectivity index (χ3n) is 5.55. The fourth-order valence-corrected chi connectivity index (χ4v) is 4.52. The van der Waals surface area contributed by atoms with Crippen molar-refractivity contribution in [1.29, 1.82) is 0 Å². The molecule has 0 atom stereocenters. The van der Waals surface area contributed by atoms with Gasteiger partial charge in [-0.1, -0.05) is 47.7 Å². The average Bonchev–Trinajstić information content (AvgIpc) is 3.52. The van der Waals surface area contributed by atoms with E-state index in [2.05, 4.69) is 85.1 Å². The largest absolute Gasteiger partial charge is 0.493 e. The van der Waals surface area contributed by atoms with E-state index in [1.165, 1.54) is 29.5 Å². The van der Waals surface area contributed by atoms with Gasteiger partial charge in [0.25, 0.3) is 0 Å². The molecule has 1 heterocycles. The second-order valence-electron chi connectivity index (χ2n) is 8.24. The van der Waals surface area contributed by atoms with E-state index in [0.29, 0.717) is 0 Å². The second-order valence-corrected chi connectivity index (χ2v) is 9.19. The molecular formula is C26H26N2OS. The molecule has 0 saturated heterocycles. The van der Waals surface area contributed by atoms with Crippen LogP contribution in [0.5, 0.6) is 5.75 Å². The van der Waals surface area contributed by atoms with E-state index in [9.17, 15) is 0 Å². The second kappa shape index (κ2) is 8.19. The van der Waals surface area contributed by atoms with Crippen LogP contribution in [0.3, 0.4) is 0 Å². The Bertz CT molecular complexity index is 1160. The number of hydrogen-bond donors (Lipinski definition) is 0. The number of aromatic nitrogens is 2. The smallest absolute Gasteiger partial charge is 0.174 e. The standard InChI is InChI=1S/C26H26N2OS/c1-18-3-6-21(7-4-18)17-30-26-27-24-15-19(2)5-14-25(24)28(26)22-10-12-23(13-11-22)29-16-20-8-9-20/h3-7,10-15,20H,8-9,16-17H2,1-2H3. The highest BCUT2D eigenvalue weighted by Crippen LogP contribution is 2.32. The fraction of sp³-hybridized carbons (Fsp3) is 0.269. The molecule has 4 heteroatoms. The van der Waals surface area contributed by atoms with Crippen LogP contribution in [0.2, 0.25) is 0 Å². The number of ether oxygens (including phenoxy) is 1. The zero-order valence-electron chi connectivity index (χ0n) is 17.5. The minimum atomic E-state index is 0.760. The Kier molecular flexibility index (Phi) is 5.26. The molecule has 3 nitrogen and oxygen atoms in total. The van der Waals surface area contributed by atoms with E-state index < -0.39 is 0 Å². The molecule has 0 spiro atoms. The monoisotopic (exact) mass is 414 g/mol. The number of fused-ring (bicyclic) bond motifs is 1. The zero-order chi connectivity index (χ0) is 20.5. The van der Waals surface area contributed by atoms with Gasteiger partial charge in [0.2, 0.25) is 0 Å². The van der Waals surface area contributed by atoms with Crippen LogP contribution in [0, 0.1) is 19.8 Å². The summed E-state index contributed by atoms with van der Waals surface area (Å²) in [5.74, 6) is 2.60. The Balaban J connectivity index is 1.45. The molecule has 5 rings (SSSR count). The SMILES string of the molecule is Cc1ccc(CSc2nc3cc(C)ccc3n2-c2ccc(OCC3CC3)cc2)cc1. The maximum Gasteiger partial charge on any atom is 0.174 e. The van der Waals surface area contributed by atoms with Crippen LogP contribution < -0.4 is 4.74 Å². The van der Waals surface area contributed by atoms with Crippen LogP contribution in [-0.4, -0.2) is 16.2 Å². The van der Waals surface area contributed by atoms with Crippen molar-refractivity contribution in [1.82, 2.24) is 9.55 Å². The molecule has 1 saturated carbocycles. The van der Waals surface area contributed by atoms with E-state index in [0.717, 1.165) is 45.9 Å². The maximum absolute atomic E-state index is 5.92. The Hall–Kier alpha value is -2.72. The summed E-state index contributed by atoms with van der Waals surface area (Å²) >= 11 is 1.78. The molecule has 1 aliphatic rings. The highest BCUT2D eigenvalue weighted by atomic mass is 32.2. The van der Waals surface area contributed by atoms with Crippen molar-refractivity contribution in [2.45, 2.75) is 37.6 Å². The van der Waals surface area contributed by atoms with E-state index in [-0.39, 0.29) is 0 Å². The topological polar surface area (TPSA) is 27.1 Å². The molecular weight excluding hydrogens is 388 g/mol. The summed E-state index contributed by atoms with van der Waals surface area (Å²) in [4.78, 5) is 4.97. The van der Waals surface area contributed by atoms with Gasteiger partial charge in [-0.15, -0.1) is 0 Å². The summed E-state index contributed by atoms with van der Waals surface area (Å²) in [5.41, 5.74) is 7.12. The quantitative estimate of drug-likeness (QED) is 0.314. The van der Waals surface area contributed by atoms with Gasteiger partial charge in [0.1, 0.15) is 5.75 Å². The number of imidazole rings is 1. The number of rotatable bonds is 7. The van der Waals surface area contributed by atoms with Gasteiger partial charge in [-0.05, 0) is 80.1 Å². The molecule has 1 fully saturated rings. The van der Waals surface area contributed by atoms with E-state index in [1.807, 2.05) is 0 Å². The van der Waals surface area contributed by atoms with Crippen molar-refractivity contribution in [2.24, 2.45) is 5.92 Å².